The molecule has 0 aromatic heterocycles. The quantitative estimate of drug-likeness (QED) is 0.769. The zero-order valence-corrected chi connectivity index (χ0v) is 16.8. The monoisotopic (exact) mass is 426 g/mol. The molecule has 1 unspecified atom stereocenters. The van der Waals surface area contributed by atoms with E-state index in [4.69, 9.17) is 15.2 Å². The van der Waals surface area contributed by atoms with Crippen molar-refractivity contribution < 1.29 is 23.5 Å². The molecule has 2 saturated heterocycles. The van der Waals surface area contributed by atoms with Gasteiger partial charge in [0.25, 0.3) is 5.91 Å². The molecule has 5 rings (SSSR count). The standard InChI is InChI=1S/C22H23FN4O4/c23-16-5-6-17-18(11-16)31-19(25-17)14-1-3-15(4-2-14)20(28)26-7-9-27(10-8-26)21(29)22(24)12-30-13-22/h1-6,11,19,25H,7-10,12-13,24H2. The number of amides is 2. The number of ether oxygens (including phenoxy) is 2. The van der Waals surface area contributed by atoms with Crippen molar-refractivity contribution in [1.82, 2.24) is 9.80 Å². The van der Waals surface area contributed by atoms with E-state index in [1.165, 1.54) is 12.1 Å². The lowest BCUT2D eigenvalue weighted by molar-refractivity contribution is -0.155. The van der Waals surface area contributed by atoms with Crippen molar-refractivity contribution in [3.63, 3.8) is 0 Å². The normalized spacial score (nSPS) is 21.5. The lowest BCUT2D eigenvalue weighted by Crippen LogP contribution is -2.68. The second-order valence-electron chi connectivity index (χ2n) is 8.14. The smallest absolute Gasteiger partial charge is 0.253 e. The average molecular weight is 426 g/mol. The second kappa shape index (κ2) is 7.51. The van der Waals surface area contributed by atoms with E-state index >= 15 is 0 Å². The Balaban J connectivity index is 1.19. The third-order valence-electron chi connectivity index (χ3n) is 5.93. The van der Waals surface area contributed by atoms with Crippen LogP contribution in [-0.2, 0) is 9.53 Å². The molecule has 3 aliphatic rings. The van der Waals surface area contributed by atoms with Crippen LogP contribution in [0.15, 0.2) is 42.5 Å². The fraction of sp³-hybridized carbons (Fsp3) is 0.364. The van der Waals surface area contributed by atoms with Crippen LogP contribution in [0.4, 0.5) is 10.1 Å². The molecule has 3 N–H and O–H groups in total. The van der Waals surface area contributed by atoms with Crippen molar-refractivity contribution in [1.29, 1.82) is 0 Å². The largest absolute Gasteiger partial charge is 0.464 e. The molecule has 2 fully saturated rings. The van der Waals surface area contributed by atoms with E-state index < -0.39 is 11.8 Å². The van der Waals surface area contributed by atoms with Gasteiger partial charge in [0.15, 0.2) is 6.23 Å². The van der Waals surface area contributed by atoms with Gasteiger partial charge in [0, 0.05) is 43.4 Å². The summed E-state index contributed by atoms with van der Waals surface area (Å²) in [6.45, 7) is 2.31. The molecule has 0 radical (unpaired) electrons. The van der Waals surface area contributed by atoms with Crippen LogP contribution in [0, 0.1) is 5.82 Å². The predicted octanol–water partition coefficient (Wildman–Crippen LogP) is 1.34. The fourth-order valence-electron chi connectivity index (χ4n) is 4.02. The minimum atomic E-state index is -0.913. The Hall–Kier alpha value is -3.17. The Morgan fingerprint density at radius 3 is 2.35 bits per heavy atom. The van der Waals surface area contributed by atoms with Gasteiger partial charge in [-0.3, -0.25) is 9.59 Å². The molecular weight excluding hydrogens is 403 g/mol. The fourth-order valence-corrected chi connectivity index (χ4v) is 4.02. The molecule has 2 amide bonds. The highest BCUT2D eigenvalue weighted by molar-refractivity contribution is 5.94. The molecule has 2 aromatic rings. The number of halogens is 1. The Bertz CT molecular complexity index is 1020. The third kappa shape index (κ3) is 3.60. The number of benzene rings is 2. The summed E-state index contributed by atoms with van der Waals surface area (Å²) in [7, 11) is 0. The number of nitrogens with one attached hydrogen (secondary N) is 1. The highest BCUT2D eigenvalue weighted by Gasteiger charge is 2.45. The van der Waals surface area contributed by atoms with Crippen LogP contribution in [0.5, 0.6) is 5.75 Å². The van der Waals surface area contributed by atoms with E-state index in [9.17, 15) is 14.0 Å². The molecule has 31 heavy (non-hydrogen) atoms. The minimum Gasteiger partial charge on any atom is -0.464 e. The minimum absolute atomic E-state index is 0.0845. The number of nitrogens with zero attached hydrogens (tertiary/aromatic N) is 2. The Morgan fingerprint density at radius 1 is 1.03 bits per heavy atom. The summed E-state index contributed by atoms with van der Waals surface area (Å²) in [6, 6.07) is 11.5. The zero-order valence-electron chi connectivity index (χ0n) is 16.8. The van der Waals surface area contributed by atoms with E-state index in [-0.39, 0.29) is 30.8 Å². The maximum Gasteiger partial charge on any atom is 0.253 e. The number of rotatable bonds is 3. The van der Waals surface area contributed by atoms with E-state index in [0.717, 1.165) is 11.3 Å². The number of fused-ring (bicyclic) bond motifs is 1. The summed E-state index contributed by atoms with van der Waals surface area (Å²) in [5, 5.41) is 3.19. The van der Waals surface area contributed by atoms with Crippen molar-refractivity contribution >= 4 is 17.5 Å². The first kappa shape index (κ1) is 19.8. The molecule has 8 nitrogen and oxygen atoms in total. The number of carbonyl (C=O) groups excluding carboxylic acids is 2. The molecule has 9 heteroatoms. The predicted molar refractivity (Wildman–Crippen MR) is 110 cm³/mol. The number of anilines is 1. The van der Waals surface area contributed by atoms with Gasteiger partial charge in [0.05, 0.1) is 18.9 Å². The number of carbonyl (C=O) groups is 2. The topological polar surface area (TPSA) is 97.1 Å². The van der Waals surface area contributed by atoms with Crippen LogP contribution < -0.4 is 15.8 Å². The first-order chi connectivity index (χ1) is 14.9. The van der Waals surface area contributed by atoms with Gasteiger partial charge in [0.2, 0.25) is 5.91 Å². The SMILES string of the molecule is NC1(C(=O)N2CCN(C(=O)c3ccc(C4Nc5ccc(F)cc5O4)cc3)CC2)COC1. The number of piperazine rings is 1. The summed E-state index contributed by atoms with van der Waals surface area (Å²) >= 11 is 0. The van der Waals surface area contributed by atoms with Gasteiger partial charge in [-0.05, 0) is 24.3 Å². The van der Waals surface area contributed by atoms with Crippen molar-refractivity contribution in [2.24, 2.45) is 5.73 Å². The van der Waals surface area contributed by atoms with Crippen LogP contribution in [-0.4, -0.2) is 66.5 Å². The first-order valence-corrected chi connectivity index (χ1v) is 10.2. The molecule has 1 atom stereocenters. The first-order valence-electron chi connectivity index (χ1n) is 10.2. The van der Waals surface area contributed by atoms with Gasteiger partial charge < -0.3 is 30.3 Å². The highest BCUT2D eigenvalue weighted by atomic mass is 19.1. The Labute approximate surface area is 178 Å². The third-order valence-corrected chi connectivity index (χ3v) is 5.93. The second-order valence-corrected chi connectivity index (χ2v) is 8.14. The van der Waals surface area contributed by atoms with Crippen LogP contribution in [0.2, 0.25) is 0 Å². The lowest BCUT2D eigenvalue weighted by atomic mass is 9.96. The maximum absolute atomic E-state index is 13.4. The molecule has 3 aliphatic heterocycles. The van der Waals surface area contributed by atoms with Gasteiger partial charge in [-0.2, -0.15) is 0 Å². The van der Waals surface area contributed by atoms with Gasteiger partial charge in [-0.15, -0.1) is 0 Å². The molecule has 3 heterocycles. The number of nitrogens with two attached hydrogens (primary N) is 1. The van der Waals surface area contributed by atoms with Crippen molar-refractivity contribution in [2.45, 2.75) is 11.8 Å². The van der Waals surface area contributed by atoms with Gasteiger partial charge >= 0.3 is 0 Å². The molecule has 162 valence electrons. The van der Waals surface area contributed by atoms with Crippen LogP contribution in [0.1, 0.15) is 22.1 Å². The van der Waals surface area contributed by atoms with Crippen molar-refractivity contribution in [3.05, 3.63) is 59.4 Å². The van der Waals surface area contributed by atoms with E-state index in [2.05, 4.69) is 5.32 Å². The van der Waals surface area contributed by atoms with Gasteiger partial charge in [0.1, 0.15) is 17.1 Å². The van der Waals surface area contributed by atoms with Gasteiger partial charge in [-0.25, -0.2) is 4.39 Å². The maximum atomic E-state index is 13.4. The molecule has 2 aromatic carbocycles. The summed E-state index contributed by atoms with van der Waals surface area (Å²) in [4.78, 5) is 28.8. The number of hydrogen-bond donors (Lipinski definition) is 2. The molecule has 0 aliphatic carbocycles. The van der Waals surface area contributed by atoms with Crippen LogP contribution >= 0.6 is 0 Å². The van der Waals surface area contributed by atoms with Gasteiger partial charge in [-0.1, -0.05) is 12.1 Å². The van der Waals surface area contributed by atoms with Crippen LogP contribution in [0.3, 0.4) is 0 Å². The molecule has 0 spiro atoms. The summed E-state index contributed by atoms with van der Waals surface area (Å²) in [6.07, 6.45) is -0.436. The van der Waals surface area contributed by atoms with Crippen molar-refractivity contribution in [2.75, 3.05) is 44.7 Å². The summed E-state index contributed by atoms with van der Waals surface area (Å²) in [5.74, 6) is -0.0872. The molecular formula is C22H23FN4O4. The average Bonchev–Trinajstić information content (AvgIpc) is 3.20. The summed E-state index contributed by atoms with van der Waals surface area (Å²) < 4.78 is 24.2. The molecule has 0 saturated carbocycles. The van der Waals surface area contributed by atoms with E-state index in [0.29, 0.717) is 37.5 Å². The highest BCUT2D eigenvalue weighted by Crippen LogP contribution is 2.38. The number of hydrogen-bond acceptors (Lipinski definition) is 6. The Kier molecular flexibility index (Phi) is 4.79. The molecule has 0 bridgehead atoms. The van der Waals surface area contributed by atoms with E-state index in [1.807, 2.05) is 12.1 Å². The van der Waals surface area contributed by atoms with E-state index in [1.54, 1.807) is 28.0 Å². The lowest BCUT2D eigenvalue weighted by Gasteiger charge is -2.43. The zero-order chi connectivity index (χ0) is 21.6. The summed E-state index contributed by atoms with van der Waals surface area (Å²) in [5.41, 5.74) is 7.24. The Morgan fingerprint density at radius 2 is 1.71 bits per heavy atom. The van der Waals surface area contributed by atoms with Crippen LogP contribution in [0.25, 0.3) is 0 Å². The van der Waals surface area contributed by atoms with Crippen molar-refractivity contribution in [3.8, 4) is 5.75 Å².